The number of hydrogen-bond acceptors (Lipinski definition) is 4. The van der Waals surface area contributed by atoms with Crippen molar-refractivity contribution < 1.29 is 26.4 Å². The molecule has 292 valence electrons. The standard InChI is InChI=1S/C44H51F5N4OSi/c1-29-21-36-35-22-30(46)17-18-39(35)51-41(36)42(40-37(47)23-31(24-38(40)48)50-32-25-52(26-32)20-12-19-45)53(29)27-44(5,49)28-54-55(43(2,3)4,33-13-8-6-9-14-33)34-15-10-7-11-16-34/h6-11,13-18,22-24,29,32,42,50-51H,12,19-21,25-28H2,1-5H3/t29-,42-,44?/m1/s1. The van der Waals surface area contributed by atoms with Crippen molar-refractivity contribution in [1.29, 1.82) is 0 Å². The van der Waals surface area contributed by atoms with Crippen LogP contribution in [0.4, 0.5) is 27.6 Å². The van der Waals surface area contributed by atoms with Gasteiger partial charge in [-0.25, -0.2) is 17.6 Å². The maximum Gasteiger partial charge on any atom is 0.261 e. The van der Waals surface area contributed by atoms with E-state index in [-0.39, 0.29) is 42.5 Å². The number of likely N-dealkylation sites (tertiary alicyclic amines) is 1. The Morgan fingerprint density at radius 1 is 0.873 bits per heavy atom. The number of halogens is 5. The van der Waals surface area contributed by atoms with Crippen LogP contribution in [-0.4, -0.2) is 80.3 Å². The van der Waals surface area contributed by atoms with E-state index >= 15 is 13.2 Å². The normalized spacial score (nSPS) is 19.6. The van der Waals surface area contributed by atoms with Gasteiger partial charge < -0.3 is 14.7 Å². The van der Waals surface area contributed by atoms with Gasteiger partial charge in [-0.2, -0.15) is 0 Å². The highest BCUT2D eigenvalue weighted by molar-refractivity contribution is 6.99. The topological polar surface area (TPSA) is 43.5 Å². The lowest BCUT2D eigenvalue weighted by Gasteiger charge is -2.46. The van der Waals surface area contributed by atoms with Gasteiger partial charge in [-0.3, -0.25) is 14.2 Å². The Morgan fingerprint density at radius 2 is 1.49 bits per heavy atom. The van der Waals surface area contributed by atoms with E-state index in [2.05, 4.69) is 60.2 Å². The molecule has 5 aromatic rings. The van der Waals surface area contributed by atoms with Gasteiger partial charge >= 0.3 is 0 Å². The number of alkyl halides is 2. The van der Waals surface area contributed by atoms with Gasteiger partial charge in [-0.15, -0.1) is 0 Å². The van der Waals surface area contributed by atoms with E-state index < -0.39 is 37.5 Å². The van der Waals surface area contributed by atoms with Crippen molar-refractivity contribution in [2.45, 2.75) is 76.3 Å². The minimum Gasteiger partial charge on any atom is -0.404 e. The van der Waals surface area contributed by atoms with Gasteiger partial charge in [-0.05, 0) is 78.0 Å². The van der Waals surface area contributed by atoms with Crippen LogP contribution in [0, 0.1) is 17.5 Å². The molecule has 4 aromatic carbocycles. The van der Waals surface area contributed by atoms with E-state index in [0.29, 0.717) is 54.8 Å². The molecule has 1 aromatic heterocycles. The summed E-state index contributed by atoms with van der Waals surface area (Å²) in [4.78, 5) is 7.27. The van der Waals surface area contributed by atoms with Crippen LogP contribution < -0.4 is 15.7 Å². The Balaban J connectivity index is 1.24. The number of nitrogens with zero attached hydrogens (tertiary/aromatic N) is 2. The molecule has 3 heterocycles. The molecule has 2 aliphatic heterocycles. The maximum atomic E-state index is 17.5. The van der Waals surface area contributed by atoms with Gasteiger partial charge in [0.05, 0.1) is 25.4 Å². The number of anilines is 1. The molecular formula is C44H51F5N4OSi. The number of benzene rings is 4. The van der Waals surface area contributed by atoms with E-state index in [1.807, 2.05) is 48.2 Å². The van der Waals surface area contributed by atoms with Gasteiger partial charge in [0.25, 0.3) is 8.32 Å². The summed E-state index contributed by atoms with van der Waals surface area (Å²) >= 11 is 0. The summed E-state index contributed by atoms with van der Waals surface area (Å²) in [6.07, 6.45) is 0.872. The average molecular weight is 775 g/mol. The van der Waals surface area contributed by atoms with Crippen LogP contribution in [0.1, 0.15) is 63.9 Å². The molecule has 0 bridgehead atoms. The fourth-order valence-electron chi connectivity index (χ4n) is 8.82. The predicted molar refractivity (Wildman–Crippen MR) is 214 cm³/mol. The number of H-pyrrole nitrogens is 1. The number of nitrogens with one attached hydrogen (secondary N) is 2. The molecule has 5 nitrogen and oxygen atoms in total. The van der Waals surface area contributed by atoms with Gasteiger partial charge in [0.15, 0.2) is 0 Å². The molecule has 0 amide bonds. The first-order valence-corrected chi connectivity index (χ1v) is 21.1. The molecule has 3 atom stereocenters. The summed E-state index contributed by atoms with van der Waals surface area (Å²) < 4.78 is 84.7. The van der Waals surface area contributed by atoms with E-state index in [4.69, 9.17) is 4.43 Å². The Bertz CT molecular complexity index is 2040. The van der Waals surface area contributed by atoms with Gasteiger partial charge in [0.1, 0.15) is 23.1 Å². The van der Waals surface area contributed by atoms with E-state index in [1.165, 1.54) is 31.2 Å². The summed E-state index contributed by atoms with van der Waals surface area (Å²) in [6.45, 7) is 10.9. The molecule has 0 aliphatic carbocycles. The molecular weight excluding hydrogens is 724 g/mol. The van der Waals surface area contributed by atoms with E-state index in [0.717, 1.165) is 15.9 Å². The van der Waals surface area contributed by atoms with Gasteiger partial charge in [-0.1, -0.05) is 81.4 Å². The highest BCUT2D eigenvalue weighted by Gasteiger charge is 2.52. The number of fused-ring (bicyclic) bond motifs is 3. The van der Waals surface area contributed by atoms with Crippen LogP contribution in [0.2, 0.25) is 5.04 Å². The number of rotatable bonds is 13. The second-order valence-corrected chi connectivity index (χ2v) is 21.0. The molecule has 0 saturated carbocycles. The van der Waals surface area contributed by atoms with Crippen LogP contribution in [-0.2, 0) is 10.8 Å². The van der Waals surface area contributed by atoms with E-state index in [1.54, 1.807) is 6.07 Å². The van der Waals surface area contributed by atoms with Crippen molar-refractivity contribution in [2.75, 3.05) is 44.8 Å². The minimum absolute atomic E-state index is 0.0200. The van der Waals surface area contributed by atoms with Crippen molar-refractivity contribution in [3.63, 3.8) is 0 Å². The third kappa shape index (κ3) is 7.73. The maximum absolute atomic E-state index is 17.5. The number of aromatic nitrogens is 1. The van der Waals surface area contributed by atoms with Crippen LogP contribution in [0.5, 0.6) is 0 Å². The summed E-state index contributed by atoms with van der Waals surface area (Å²) in [5.41, 5.74) is 0.0658. The van der Waals surface area contributed by atoms with Crippen molar-refractivity contribution in [2.24, 2.45) is 0 Å². The first-order chi connectivity index (χ1) is 26.2. The van der Waals surface area contributed by atoms with Gasteiger partial charge in [0, 0.05) is 60.1 Å². The Kier molecular flexibility index (Phi) is 11.0. The van der Waals surface area contributed by atoms with Crippen LogP contribution in [0.3, 0.4) is 0 Å². The monoisotopic (exact) mass is 774 g/mol. The third-order valence-corrected chi connectivity index (χ3v) is 16.4. The van der Waals surface area contributed by atoms with Crippen molar-refractivity contribution in [1.82, 2.24) is 14.8 Å². The zero-order chi connectivity index (χ0) is 39.1. The molecule has 1 fully saturated rings. The lowest BCUT2D eigenvalue weighted by atomic mass is 9.87. The second-order valence-electron chi connectivity index (χ2n) is 16.7. The molecule has 7 rings (SSSR count). The summed E-state index contributed by atoms with van der Waals surface area (Å²) in [7, 11) is -3.10. The van der Waals surface area contributed by atoms with E-state index in [9.17, 15) is 8.78 Å². The SMILES string of the molecule is C[C@@H]1Cc2c([nH]c3ccc(F)cc23)[C@@H](c2c(F)cc(NC3CN(CCCF)C3)cc2F)N1CC(C)(F)CO[Si](c1ccccc1)(c1ccccc1)C(C)(C)C. The Hall–Kier alpha value is -4.03. The second kappa shape index (κ2) is 15.5. The lowest BCUT2D eigenvalue weighted by molar-refractivity contribution is 0.0207. The third-order valence-electron chi connectivity index (χ3n) is 11.4. The van der Waals surface area contributed by atoms with Gasteiger partial charge in [0.2, 0.25) is 0 Å². The number of aromatic amines is 1. The zero-order valence-corrected chi connectivity index (χ0v) is 33.2. The number of hydrogen-bond donors (Lipinski definition) is 2. The fourth-order valence-corrected chi connectivity index (χ4v) is 13.5. The van der Waals surface area contributed by atoms with Crippen molar-refractivity contribution in [3.05, 3.63) is 125 Å². The minimum atomic E-state index is -3.10. The van der Waals surface area contributed by atoms with Crippen LogP contribution >= 0.6 is 0 Å². The zero-order valence-electron chi connectivity index (χ0n) is 32.2. The summed E-state index contributed by atoms with van der Waals surface area (Å²) in [5.74, 6) is -1.94. The quantitative estimate of drug-likeness (QED) is 0.0929. The average Bonchev–Trinajstić information content (AvgIpc) is 3.47. The molecule has 0 radical (unpaired) electrons. The van der Waals surface area contributed by atoms with Crippen LogP contribution in [0.15, 0.2) is 91.0 Å². The fraction of sp³-hybridized carbons (Fsp3) is 0.409. The summed E-state index contributed by atoms with van der Waals surface area (Å²) in [6, 6.07) is 25.6. The highest BCUT2D eigenvalue weighted by Crippen LogP contribution is 2.44. The van der Waals surface area contributed by atoms with Crippen molar-refractivity contribution in [3.8, 4) is 0 Å². The first kappa shape index (κ1) is 39.2. The van der Waals surface area contributed by atoms with Crippen molar-refractivity contribution >= 4 is 35.3 Å². The summed E-state index contributed by atoms with van der Waals surface area (Å²) in [5, 5.41) is 5.53. The molecule has 2 N–H and O–H groups in total. The molecule has 55 heavy (non-hydrogen) atoms. The lowest BCUT2D eigenvalue weighted by Crippen LogP contribution is -2.67. The van der Waals surface area contributed by atoms with Crippen LogP contribution in [0.25, 0.3) is 10.9 Å². The Morgan fingerprint density at radius 3 is 2.07 bits per heavy atom. The predicted octanol–water partition coefficient (Wildman–Crippen LogP) is 8.68. The molecule has 2 aliphatic rings. The molecule has 1 unspecified atom stereocenters. The largest absolute Gasteiger partial charge is 0.404 e. The molecule has 0 spiro atoms. The highest BCUT2D eigenvalue weighted by atomic mass is 28.4. The molecule has 11 heteroatoms. The first-order valence-electron chi connectivity index (χ1n) is 19.2. The Labute approximate surface area is 322 Å². The smallest absolute Gasteiger partial charge is 0.261 e. The molecule has 1 saturated heterocycles.